The van der Waals surface area contributed by atoms with E-state index in [0.29, 0.717) is 12.1 Å². The zero-order chi connectivity index (χ0) is 11.0. The Morgan fingerprint density at radius 3 is 2.94 bits per heavy atom. The van der Waals surface area contributed by atoms with Crippen LogP contribution in [-0.2, 0) is 6.54 Å². The Hall–Kier alpha value is -1.01. The Morgan fingerprint density at radius 2 is 2.19 bits per heavy atom. The highest BCUT2D eigenvalue weighted by Gasteiger charge is 2.30. The molecule has 1 aliphatic heterocycles. The fraction of sp³-hybridized carbons (Fsp3) is 0.900. The highest BCUT2D eigenvalue weighted by Crippen LogP contribution is 2.34. The van der Waals surface area contributed by atoms with Gasteiger partial charge in [0, 0.05) is 6.04 Å². The van der Waals surface area contributed by atoms with E-state index in [1.165, 1.54) is 12.8 Å². The molecule has 0 amide bonds. The predicted molar refractivity (Wildman–Crippen MR) is 56.6 cm³/mol. The highest BCUT2D eigenvalue weighted by atomic mass is 16.3. The molecular formula is C10H17N5O. The molecule has 1 saturated heterocycles. The minimum atomic E-state index is 0.241. The van der Waals surface area contributed by atoms with E-state index in [2.05, 4.69) is 20.4 Å². The average Bonchev–Trinajstić information content (AvgIpc) is 2.88. The molecule has 1 saturated carbocycles. The Bertz CT molecular complexity index is 362. The molecule has 3 rings (SSSR count). The van der Waals surface area contributed by atoms with Crippen molar-refractivity contribution in [2.24, 2.45) is 0 Å². The van der Waals surface area contributed by atoms with Crippen molar-refractivity contribution in [3.05, 3.63) is 5.82 Å². The zero-order valence-electron chi connectivity index (χ0n) is 9.29. The van der Waals surface area contributed by atoms with Gasteiger partial charge < -0.3 is 5.11 Å². The topological polar surface area (TPSA) is 67.1 Å². The van der Waals surface area contributed by atoms with E-state index in [1.807, 2.05) is 4.68 Å². The van der Waals surface area contributed by atoms with Gasteiger partial charge in [-0.2, -0.15) is 0 Å². The molecule has 6 heteroatoms. The van der Waals surface area contributed by atoms with E-state index in [0.717, 1.165) is 31.8 Å². The fourth-order valence-corrected chi connectivity index (χ4v) is 2.41. The molecule has 1 aromatic rings. The van der Waals surface area contributed by atoms with Crippen LogP contribution >= 0.6 is 0 Å². The fourth-order valence-electron chi connectivity index (χ4n) is 2.41. The third-order valence-corrected chi connectivity index (χ3v) is 3.51. The molecule has 2 fully saturated rings. The first-order valence-electron chi connectivity index (χ1n) is 6.00. The van der Waals surface area contributed by atoms with Crippen molar-refractivity contribution in [2.45, 2.75) is 44.3 Å². The van der Waals surface area contributed by atoms with Crippen LogP contribution in [0.4, 0.5) is 0 Å². The Morgan fingerprint density at radius 1 is 1.31 bits per heavy atom. The van der Waals surface area contributed by atoms with Crippen molar-refractivity contribution in [3.8, 4) is 0 Å². The van der Waals surface area contributed by atoms with Crippen LogP contribution in [0.5, 0.6) is 0 Å². The van der Waals surface area contributed by atoms with Crippen molar-refractivity contribution in [1.29, 1.82) is 0 Å². The lowest BCUT2D eigenvalue weighted by molar-refractivity contribution is 0.149. The van der Waals surface area contributed by atoms with Gasteiger partial charge in [-0.15, -0.1) is 5.10 Å². The van der Waals surface area contributed by atoms with Crippen LogP contribution in [0.15, 0.2) is 0 Å². The maximum atomic E-state index is 9.26. The second kappa shape index (κ2) is 4.10. The zero-order valence-corrected chi connectivity index (χ0v) is 9.29. The summed E-state index contributed by atoms with van der Waals surface area (Å²) in [5, 5.41) is 21.1. The van der Waals surface area contributed by atoms with Crippen LogP contribution in [-0.4, -0.2) is 49.4 Å². The van der Waals surface area contributed by atoms with E-state index in [4.69, 9.17) is 0 Å². The highest BCUT2D eigenvalue weighted by molar-refractivity contribution is 4.92. The smallest absolute Gasteiger partial charge is 0.165 e. The number of likely N-dealkylation sites (tertiary alicyclic amines) is 1. The summed E-state index contributed by atoms with van der Waals surface area (Å²) in [5.41, 5.74) is 0. The van der Waals surface area contributed by atoms with Crippen LogP contribution in [0, 0.1) is 0 Å². The molecular weight excluding hydrogens is 206 g/mol. The third kappa shape index (κ3) is 1.82. The first-order valence-corrected chi connectivity index (χ1v) is 6.00. The van der Waals surface area contributed by atoms with Gasteiger partial charge in [-0.1, -0.05) is 0 Å². The summed E-state index contributed by atoms with van der Waals surface area (Å²) in [6, 6.07) is 0.824. The molecule has 6 nitrogen and oxygen atoms in total. The number of aliphatic hydroxyl groups excluding tert-OH is 1. The first-order chi connectivity index (χ1) is 7.88. The Labute approximate surface area is 94.2 Å². The molecule has 1 atom stereocenters. The number of hydrogen-bond acceptors (Lipinski definition) is 5. The van der Waals surface area contributed by atoms with Gasteiger partial charge in [-0.25, -0.2) is 4.68 Å². The van der Waals surface area contributed by atoms with Crippen molar-refractivity contribution in [2.75, 3.05) is 13.2 Å². The largest absolute Gasteiger partial charge is 0.395 e. The van der Waals surface area contributed by atoms with Crippen LogP contribution in [0.25, 0.3) is 0 Å². The molecule has 2 heterocycles. The summed E-state index contributed by atoms with van der Waals surface area (Å²) in [6.45, 7) is 2.06. The van der Waals surface area contributed by atoms with Crippen LogP contribution in [0.1, 0.15) is 37.5 Å². The molecule has 0 radical (unpaired) electrons. The molecule has 0 aromatic carbocycles. The summed E-state index contributed by atoms with van der Waals surface area (Å²) >= 11 is 0. The van der Waals surface area contributed by atoms with E-state index >= 15 is 0 Å². The van der Waals surface area contributed by atoms with Crippen molar-refractivity contribution >= 4 is 0 Å². The number of nitrogens with zero attached hydrogens (tertiary/aromatic N) is 5. The number of hydrogen-bond donors (Lipinski definition) is 1. The van der Waals surface area contributed by atoms with Crippen LogP contribution in [0.2, 0.25) is 0 Å². The second-order valence-electron chi connectivity index (χ2n) is 4.72. The number of rotatable bonds is 4. The molecule has 1 aromatic heterocycles. The molecule has 0 unspecified atom stereocenters. The van der Waals surface area contributed by atoms with Crippen molar-refractivity contribution in [1.82, 2.24) is 25.1 Å². The van der Waals surface area contributed by atoms with Gasteiger partial charge >= 0.3 is 0 Å². The monoisotopic (exact) mass is 223 g/mol. The first kappa shape index (κ1) is 10.2. The van der Waals surface area contributed by atoms with E-state index < -0.39 is 0 Å². The molecule has 1 N–H and O–H groups in total. The molecule has 2 aliphatic rings. The van der Waals surface area contributed by atoms with E-state index in [9.17, 15) is 5.11 Å². The average molecular weight is 223 g/mol. The number of aromatic nitrogens is 4. The Balaban J connectivity index is 1.70. The number of tetrazole rings is 1. The summed E-state index contributed by atoms with van der Waals surface area (Å²) in [5.74, 6) is 0.947. The maximum Gasteiger partial charge on any atom is 0.165 e. The summed E-state index contributed by atoms with van der Waals surface area (Å²) in [7, 11) is 0. The lowest BCUT2D eigenvalue weighted by Crippen LogP contribution is -2.32. The standard InChI is InChI=1S/C10H17N5O/c16-7-9-2-1-5-14(9)6-10-11-12-13-15(10)8-3-4-8/h8-9,16H,1-7H2/t9-/m1/s1. The quantitative estimate of drug-likeness (QED) is 0.776. The third-order valence-electron chi connectivity index (χ3n) is 3.51. The normalized spacial score (nSPS) is 26.4. The molecule has 1 aliphatic carbocycles. The van der Waals surface area contributed by atoms with Gasteiger partial charge in [0.05, 0.1) is 19.2 Å². The second-order valence-corrected chi connectivity index (χ2v) is 4.72. The maximum absolute atomic E-state index is 9.26. The summed E-state index contributed by atoms with van der Waals surface area (Å²) in [6.07, 6.45) is 4.64. The van der Waals surface area contributed by atoms with Gasteiger partial charge in [0.1, 0.15) is 0 Å². The SMILES string of the molecule is OC[C@H]1CCCN1Cc1nnnn1C1CC1. The number of aliphatic hydroxyl groups is 1. The van der Waals surface area contributed by atoms with Gasteiger partial charge in [0.15, 0.2) is 5.82 Å². The predicted octanol–water partition coefficient (Wildman–Crippen LogP) is -0.0353. The van der Waals surface area contributed by atoms with Crippen LogP contribution in [0.3, 0.4) is 0 Å². The molecule has 88 valence electrons. The van der Waals surface area contributed by atoms with Gasteiger partial charge in [-0.05, 0) is 42.7 Å². The molecule has 0 spiro atoms. The van der Waals surface area contributed by atoms with Crippen molar-refractivity contribution in [3.63, 3.8) is 0 Å². The van der Waals surface area contributed by atoms with E-state index in [-0.39, 0.29) is 6.61 Å². The van der Waals surface area contributed by atoms with Crippen molar-refractivity contribution < 1.29 is 5.11 Å². The molecule has 16 heavy (non-hydrogen) atoms. The molecule has 0 bridgehead atoms. The summed E-state index contributed by atoms with van der Waals surface area (Å²) in [4.78, 5) is 2.28. The van der Waals surface area contributed by atoms with Gasteiger partial charge in [-0.3, -0.25) is 4.90 Å². The van der Waals surface area contributed by atoms with Gasteiger partial charge in [0.2, 0.25) is 0 Å². The minimum absolute atomic E-state index is 0.241. The lowest BCUT2D eigenvalue weighted by atomic mass is 10.2. The van der Waals surface area contributed by atoms with Gasteiger partial charge in [0.25, 0.3) is 0 Å². The lowest BCUT2D eigenvalue weighted by Gasteiger charge is -2.21. The minimum Gasteiger partial charge on any atom is -0.395 e. The van der Waals surface area contributed by atoms with Crippen LogP contribution < -0.4 is 0 Å². The van der Waals surface area contributed by atoms with E-state index in [1.54, 1.807) is 0 Å². The summed E-state index contributed by atoms with van der Waals surface area (Å²) < 4.78 is 1.95. The Kier molecular flexibility index (Phi) is 2.61.